The molecule has 1 amide bonds. The summed E-state index contributed by atoms with van der Waals surface area (Å²) in [6, 6.07) is 2.75. The minimum Gasteiger partial charge on any atom is -0.395 e. The monoisotopic (exact) mass is 267 g/mol. The van der Waals surface area contributed by atoms with Crippen LogP contribution in [0.4, 0.5) is 0 Å². The number of nitrogens with zero attached hydrogens (tertiary/aromatic N) is 3. The fourth-order valence-corrected chi connectivity index (χ4v) is 1.77. The Morgan fingerprint density at radius 2 is 2.11 bits per heavy atom. The van der Waals surface area contributed by atoms with Gasteiger partial charge in [-0.2, -0.15) is 5.10 Å². The SMILES string of the molecule is CCCCCN(CCO)C(=O)c1ccc(=O)n(C)n1. The van der Waals surface area contributed by atoms with Crippen LogP contribution in [0.25, 0.3) is 0 Å². The number of carbonyl (C=O) groups excluding carboxylic acids is 1. The number of hydrogen-bond acceptors (Lipinski definition) is 4. The van der Waals surface area contributed by atoms with Crippen LogP contribution in [-0.4, -0.2) is 45.4 Å². The zero-order chi connectivity index (χ0) is 14.3. The molecule has 0 saturated carbocycles. The van der Waals surface area contributed by atoms with Crippen LogP contribution >= 0.6 is 0 Å². The van der Waals surface area contributed by atoms with Crippen LogP contribution in [0.3, 0.4) is 0 Å². The molecule has 1 aromatic rings. The van der Waals surface area contributed by atoms with Crippen LogP contribution in [0.2, 0.25) is 0 Å². The molecule has 1 heterocycles. The summed E-state index contributed by atoms with van der Waals surface area (Å²) < 4.78 is 1.14. The van der Waals surface area contributed by atoms with Crippen LogP contribution < -0.4 is 5.56 Å². The molecule has 1 N–H and O–H groups in total. The van der Waals surface area contributed by atoms with E-state index < -0.39 is 0 Å². The van der Waals surface area contributed by atoms with Gasteiger partial charge in [-0.3, -0.25) is 9.59 Å². The highest BCUT2D eigenvalue weighted by Gasteiger charge is 2.16. The Morgan fingerprint density at radius 3 is 2.68 bits per heavy atom. The summed E-state index contributed by atoms with van der Waals surface area (Å²) in [5.41, 5.74) is -0.0247. The summed E-state index contributed by atoms with van der Waals surface area (Å²) in [5, 5.41) is 13.0. The third kappa shape index (κ3) is 4.48. The molecule has 0 aliphatic rings. The Balaban J connectivity index is 2.79. The van der Waals surface area contributed by atoms with E-state index >= 15 is 0 Å². The molecule has 1 rings (SSSR count). The number of unbranched alkanes of at least 4 members (excludes halogenated alkanes) is 2. The van der Waals surface area contributed by atoms with Crippen molar-refractivity contribution in [1.29, 1.82) is 0 Å². The van der Waals surface area contributed by atoms with Crippen molar-refractivity contribution in [2.45, 2.75) is 26.2 Å². The predicted octanol–water partition coefficient (Wildman–Crippen LogP) is 0.405. The Hall–Kier alpha value is -1.69. The van der Waals surface area contributed by atoms with E-state index in [1.807, 2.05) is 0 Å². The number of carbonyl (C=O) groups is 1. The van der Waals surface area contributed by atoms with Gasteiger partial charge in [0.25, 0.3) is 11.5 Å². The van der Waals surface area contributed by atoms with Gasteiger partial charge < -0.3 is 10.0 Å². The van der Waals surface area contributed by atoms with Crippen molar-refractivity contribution in [2.75, 3.05) is 19.7 Å². The van der Waals surface area contributed by atoms with Crippen molar-refractivity contribution in [2.24, 2.45) is 7.05 Å². The molecule has 0 atom stereocenters. The van der Waals surface area contributed by atoms with Gasteiger partial charge in [0.05, 0.1) is 6.61 Å². The van der Waals surface area contributed by atoms with Crippen molar-refractivity contribution in [3.63, 3.8) is 0 Å². The summed E-state index contributed by atoms with van der Waals surface area (Å²) in [7, 11) is 1.51. The van der Waals surface area contributed by atoms with Gasteiger partial charge >= 0.3 is 0 Å². The van der Waals surface area contributed by atoms with Crippen molar-refractivity contribution in [3.8, 4) is 0 Å². The topological polar surface area (TPSA) is 75.4 Å². The van der Waals surface area contributed by atoms with Gasteiger partial charge in [-0.25, -0.2) is 4.68 Å². The number of aromatic nitrogens is 2. The van der Waals surface area contributed by atoms with Crippen molar-refractivity contribution in [1.82, 2.24) is 14.7 Å². The highest BCUT2D eigenvalue weighted by atomic mass is 16.3. The number of aliphatic hydroxyl groups is 1. The summed E-state index contributed by atoms with van der Waals surface area (Å²) >= 11 is 0. The minimum absolute atomic E-state index is 0.0797. The second-order valence-electron chi connectivity index (χ2n) is 4.40. The Morgan fingerprint density at radius 1 is 1.37 bits per heavy atom. The average Bonchev–Trinajstić information content (AvgIpc) is 2.40. The Kier molecular flexibility index (Phi) is 6.21. The molecule has 1 aromatic heterocycles. The lowest BCUT2D eigenvalue weighted by Crippen LogP contribution is -2.36. The number of amides is 1. The fourth-order valence-electron chi connectivity index (χ4n) is 1.77. The standard InChI is InChI=1S/C13H21N3O3/c1-3-4-5-8-16(9-10-17)13(19)11-6-7-12(18)15(2)14-11/h6-7,17H,3-5,8-10H2,1-2H3. The number of aryl methyl sites for hydroxylation is 1. The number of hydrogen-bond donors (Lipinski definition) is 1. The van der Waals surface area contributed by atoms with Crippen LogP contribution in [0.5, 0.6) is 0 Å². The maximum Gasteiger partial charge on any atom is 0.274 e. The van der Waals surface area contributed by atoms with Crippen LogP contribution in [0.15, 0.2) is 16.9 Å². The molecule has 0 aromatic carbocycles. The molecule has 0 fully saturated rings. The zero-order valence-electron chi connectivity index (χ0n) is 11.5. The molecule has 0 radical (unpaired) electrons. The average molecular weight is 267 g/mol. The van der Waals surface area contributed by atoms with E-state index in [1.165, 1.54) is 19.2 Å². The molecule has 0 aliphatic carbocycles. The van der Waals surface area contributed by atoms with Gasteiger partial charge in [0.15, 0.2) is 0 Å². The lowest BCUT2D eigenvalue weighted by Gasteiger charge is -2.21. The normalized spacial score (nSPS) is 10.5. The fraction of sp³-hybridized carbons (Fsp3) is 0.615. The molecule has 0 spiro atoms. The first-order valence-corrected chi connectivity index (χ1v) is 6.54. The van der Waals surface area contributed by atoms with E-state index in [4.69, 9.17) is 5.11 Å². The molecule has 0 bridgehead atoms. The first-order chi connectivity index (χ1) is 9.10. The summed E-state index contributed by atoms with van der Waals surface area (Å²) in [4.78, 5) is 25.0. The van der Waals surface area contributed by atoms with E-state index in [-0.39, 0.29) is 30.3 Å². The summed E-state index contributed by atoms with van der Waals surface area (Å²) in [6.07, 6.45) is 3.00. The highest BCUT2D eigenvalue weighted by molar-refractivity contribution is 5.92. The molecular weight excluding hydrogens is 246 g/mol. The van der Waals surface area contributed by atoms with Gasteiger partial charge in [0.2, 0.25) is 0 Å². The zero-order valence-corrected chi connectivity index (χ0v) is 11.5. The van der Waals surface area contributed by atoms with Crippen molar-refractivity contribution in [3.05, 3.63) is 28.2 Å². The number of rotatable bonds is 7. The second kappa shape index (κ2) is 7.68. The molecule has 0 aliphatic heterocycles. The molecular formula is C13H21N3O3. The highest BCUT2D eigenvalue weighted by Crippen LogP contribution is 2.03. The molecule has 0 unspecified atom stereocenters. The lowest BCUT2D eigenvalue weighted by atomic mass is 10.2. The predicted molar refractivity (Wildman–Crippen MR) is 72.0 cm³/mol. The van der Waals surface area contributed by atoms with Gasteiger partial charge in [-0.05, 0) is 12.5 Å². The smallest absolute Gasteiger partial charge is 0.274 e. The first kappa shape index (κ1) is 15.4. The maximum atomic E-state index is 12.2. The third-order valence-corrected chi connectivity index (χ3v) is 2.87. The van der Waals surface area contributed by atoms with E-state index in [0.717, 1.165) is 23.9 Å². The van der Waals surface area contributed by atoms with Gasteiger partial charge in [0.1, 0.15) is 5.69 Å². The number of aliphatic hydroxyl groups excluding tert-OH is 1. The van der Waals surface area contributed by atoms with E-state index in [9.17, 15) is 9.59 Å². The van der Waals surface area contributed by atoms with Crippen LogP contribution in [0.1, 0.15) is 36.7 Å². The van der Waals surface area contributed by atoms with Crippen LogP contribution in [-0.2, 0) is 7.05 Å². The van der Waals surface area contributed by atoms with E-state index in [1.54, 1.807) is 4.90 Å². The minimum atomic E-state index is -0.253. The molecule has 19 heavy (non-hydrogen) atoms. The maximum absolute atomic E-state index is 12.2. The quantitative estimate of drug-likeness (QED) is 0.726. The second-order valence-corrected chi connectivity index (χ2v) is 4.40. The van der Waals surface area contributed by atoms with Crippen molar-refractivity contribution >= 4 is 5.91 Å². The van der Waals surface area contributed by atoms with Crippen LogP contribution in [0, 0.1) is 0 Å². The molecule has 6 heteroatoms. The largest absolute Gasteiger partial charge is 0.395 e. The first-order valence-electron chi connectivity index (χ1n) is 6.54. The molecule has 106 valence electrons. The summed E-state index contributed by atoms with van der Waals surface area (Å²) in [6.45, 7) is 2.89. The van der Waals surface area contributed by atoms with Gasteiger partial charge in [-0.15, -0.1) is 0 Å². The van der Waals surface area contributed by atoms with Gasteiger partial charge in [-0.1, -0.05) is 19.8 Å². The molecule has 6 nitrogen and oxygen atoms in total. The lowest BCUT2D eigenvalue weighted by molar-refractivity contribution is 0.0710. The summed E-state index contributed by atoms with van der Waals surface area (Å²) in [5.74, 6) is -0.249. The Labute approximate surface area is 112 Å². The van der Waals surface area contributed by atoms with E-state index in [0.29, 0.717) is 6.54 Å². The van der Waals surface area contributed by atoms with E-state index in [2.05, 4.69) is 12.0 Å². The third-order valence-electron chi connectivity index (χ3n) is 2.87. The molecule has 0 saturated heterocycles. The van der Waals surface area contributed by atoms with Gasteiger partial charge in [0, 0.05) is 26.2 Å². The van der Waals surface area contributed by atoms with Crippen molar-refractivity contribution < 1.29 is 9.90 Å². The Bertz CT molecular complexity index is 470.